The molecule has 0 aromatic carbocycles. The molecule has 4 amide bonds. The molecule has 0 radical (unpaired) electrons. The zero-order chi connectivity index (χ0) is 24.1. The molecule has 35 heavy (non-hydrogen) atoms. The molecule has 6 heteroatoms. The Balaban J connectivity index is 0.977. The van der Waals surface area contributed by atoms with E-state index in [4.69, 9.17) is 0 Å². The number of rotatable bonds is 4. The Morgan fingerprint density at radius 1 is 0.429 bits per heavy atom. The summed E-state index contributed by atoms with van der Waals surface area (Å²) in [6.07, 6.45) is 17.5. The Labute approximate surface area is 209 Å². The van der Waals surface area contributed by atoms with E-state index in [-0.39, 0.29) is 59.4 Å². The highest BCUT2D eigenvalue weighted by molar-refractivity contribution is 6.06. The van der Waals surface area contributed by atoms with Crippen LogP contribution in [0.5, 0.6) is 0 Å². The Bertz CT molecular complexity index is 752. The van der Waals surface area contributed by atoms with Crippen molar-refractivity contribution in [3.05, 3.63) is 0 Å². The maximum atomic E-state index is 13.0. The molecule has 0 N–H and O–H groups in total. The Morgan fingerprint density at radius 3 is 1.00 bits per heavy atom. The minimum Gasteiger partial charge on any atom is -0.279 e. The first-order valence-corrected chi connectivity index (χ1v) is 14.8. The molecule has 4 unspecified atom stereocenters. The van der Waals surface area contributed by atoms with Crippen molar-refractivity contribution >= 4 is 23.6 Å². The van der Waals surface area contributed by atoms with Crippen LogP contribution < -0.4 is 0 Å². The van der Waals surface area contributed by atoms with E-state index in [1.807, 2.05) is 0 Å². The molecular weight excluding hydrogens is 440 g/mol. The highest BCUT2D eigenvalue weighted by Gasteiger charge is 2.52. The van der Waals surface area contributed by atoms with Crippen molar-refractivity contribution < 1.29 is 19.2 Å². The quantitative estimate of drug-likeness (QED) is 0.537. The monoisotopic (exact) mass is 482 g/mol. The minimum absolute atomic E-state index is 0.0255. The van der Waals surface area contributed by atoms with Crippen LogP contribution in [0.15, 0.2) is 0 Å². The summed E-state index contributed by atoms with van der Waals surface area (Å²) in [5.41, 5.74) is 0. The molecule has 4 saturated carbocycles. The summed E-state index contributed by atoms with van der Waals surface area (Å²) in [5, 5.41) is 0. The van der Waals surface area contributed by atoms with E-state index >= 15 is 0 Å². The molecule has 6 rings (SSSR count). The van der Waals surface area contributed by atoms with Crippen molar-refractivity contribution in [1.82, 2.24) is 9.80 Å². The Morgan fingerprint density at radius 2 is 0.714 bits per heavy atom. The number of fused-ring (bicyclic) bond motifs is 2. The second-order valence-electron chi connectivity index (χ2n) is 12.7. The van der Waals surface area contributed by atoms with Crippen LogP contribution in [0.2, 0.25) is 0 Å². The van der Waals surface area contributed by atoms with Gasteiger partial charge >= 0.3 is 0 Å². The fraction of sp³-hybridized carbons (Fsp3) is 0.862. The van der Waals surface area contributed by atoms with E-state index in [1.54, 1.807) is 9.80 Å². The predicted molar refractivity (Wildman–Crippen MR) is 131 cm³/mol. The van der Waals surface area contributed by atoms with Crippen LogP contribution in [-0.2, 0) is 19.2 Å². The highest BCUT2D eigenvalue weighted by Crippen LogP contribution is 2.44. The third-order valence-electron chi connectivity index (χ3n) is 10.8. The molecule has 2 aliphatic heterocycles. The largest absolute Gasteiger partial charge is 0.279 e. The van der Waals surface area contributed by atoms with E-state index in [2.05, 4.69) is 0 Å². The van der Waals surface area contributed by atoms with E-state index in [9.17, 15) is 19.2 Å². The smallest absolute Gasteiger partial charge is 0.233 e. The molecule has 0 spiro atoms. The number of carbonyl (C=O) groups is 4. The van der Waals surface area contributed by atoms with Crippen LogP contribution in [0.4, 0.5) is 0 Å². The normalized spacial score (nSPS) is 42.4. The van der Waals surface area contributed by atoms with Gasteiger partial charge in [-0.2, -0.15) is 0 Å². The van der Waals surface area contributed by atoms with Crippen LogP contribution in [0, 0.1) is 35.5 Å². The van der Waals surface area contributed by atoms with Gasteiger partial charge < -0.3 is 0 Å². The van der Waals surface area contributed by atoms with Crippen LogP contribution in [0.25, 0.3) is 0 Å². The molecule has 0 aromatic rings. The van der Waals surface area contributed by atoms with Crippen molar-refractivity contribution in [3.63, 3.8) is 0 Å². The first-order valence-electron chi connectivity index (χ1n) is 14.8. The van der Waals surface area contributed by atoms with Gasteiger partial charge in [0, 0.05) is 12.1 Å². The maximum Gasteiger partial charge on any atom is 0.233 e. The summed E-state index contributed by atoms with van der Waals surface area (Å²) in [7, 11) is 0. The summed E-state index contributed by atoms with van der Waals surface area (Å²) in [5.74, 6) is 1.79. The lowest BCUT2D eigenvalue weighted by atomic mass is 9.75. The molecule has 4 aliphatic carbocycles. The standard InChI is InChI=1S/C29H42N2O4/c32-26-22-5-1-2-6-23(22)27(33)30(26)20-13-9-18(10-14-20)17-19-11-15-21(16-12-19)31-28(34)24-7-3-4-8-25(24)29(31)35/h18-25H,1-17H2. The second-order valence-corrected chi connectivity index (χ2v) is 12.7. The van der Waals surface area contributed by atoms with Gasteiger partial charge in [0.05, 0.1) is 23.7 Å². The number of hydrogen-bond donors (Lipinski definition) is 0. The number of imide groups is 2. The Kier molecular flexibility index (Phi) is 6.51. The maximum absolute atomic E-state index is 13.0. The van der Waals surface area contributed by atoms with Crippen molar-refractivity contribution in [2.45, 2.75) is 121 Å². The molecule has 2 saturated heterocycles. The van der Waals surface area contributed by atoms with Gasteiger partial charge in [-0.1, -0.05) is 25.7 Å². The van der Waals surface area contributed by atoms with Gasteiger partial charge in [0.2, 0.25) is 23.6 Å². The van der Waals surface area contributed by atoms with E-state index < -0.39 is 0 Å². The lowest BCUT2D eigenvalue weighted by Crippen LogP contribution is -2.43. The highest BCUT2D eigenvalue weighted by atomic mass is 16.2. The summed E-state index contributed by atoms with van der Waals surface area (Å²) in [6.45, 7) is 0. The number of likely N-dealkylation sites (tertiary alicyclic amines) is 2. The zero-order valence-corrected chi connectivity index (χ0v) is 21.2. The molecule has 6 aliphatic rings. The minimum atomic E-state index is -0.0255. The summed E-state index contributed by atoms with van der Waals surface area (Å²) in [6, 6.07) is 0.256. The van der Waals surface area contributed by atoms with Gasteiger partial charge in [-0.3, -0.25) is 29.0 Å². The first-order chi connectivity index (χ1) is 17.0. The molecular formula is C29H42N2O4. The van der Waals surface area contributed by atoms with Crippen molar-refractivity contribution in [2.75, 3.05) is 0 Å². The fourth-order valence-electron chi connectivity index (χ4n) is 8.84. The topological polar surface area (TPSA) is 74.8 Å². The predicted octanol–water partition coefficient (Wildman–Crippen LogP) is 4.84. The molecule has 0 aromatic heterocycles. The number of nitrogens with zero attached hydrogens (tertiary/aromatic N) is 2. The summed E-state index contributed by atoms with van der Waals surface area (Å²) >= 11 is 0. The lowest BCUT2D eigenvalue weighted by Gasteiger charge is -2.38. The second kappa shape index (κ2) is 9.63. The zero-order valence-electron chi connectivity index (χ0n) is 21.2. The Hall–Kier alpha value is -1.72. The van der Waals surface area contributed by atoms with Crippen molar-refractivity contribution in [1.29, 1.82) is 0 Å². The molecule has 6 nitrogen and oxygen atoms in total. The van der Waals surface area contributed by atoms with Gasteiger partial charge in [-0.15, -0.1) is 0 Å². The molecule has 6 fully saturated rings. The fourth-order valence-corrected chi connectivity index (χ4v) is 8.84. The average Bonchev–Trinajstić information content (AvgIpc) is 3.30. The first kappa shape index (κ1) is 23.7. The van der Waals surface area contributed by atoms with Gasteiger partial charge in [0.15, 0.2) is 0 Å². The van der Waals surface area contributed by atoms with Crippen LogP contribution in [0.3, 0.4) is 0 Å². The van der Waals surface area contributed by atoms with E-state index in [0.29, 0.717) is 11.8 Å². The number of carbonyl (C=O) groups excluding carboxylic acids is 4. The van der Waals surface area contributed by atoms with Gasteiger partial charge in [-0.05, 0) is 95.3 Å². The van der Waals surface area contributed by atoms with Crippen molar-refractivity contribution in [3.8, 4) is 0 Å². The van der Waals surface area contributed by atoms with E-state index in [1.165, 1.54) is 6.42 Å². The molecule has 4 atom stereocenters. The third-order valence-corrected chi connectivity index (χ3v) is 10.8. The molecule has 0 bridgehead atoms. The van der Waals surface area contributed by atoms with Gasteiger partial charge in [0.25, 0.3) is 0 Å². The lowest BCUT2D eigenvalue weighted by molar-refractivity contribution is -0.145. The third kappa shape index (κ3) is 4.17. The van der Waals surface area contributed by atoms with Crippen LogP contribution in [-0.4, -0.2) is 45.5 Å². The van der Waals surface area contributed by atoms with Gasteiger partial charge in [-0.25, -0.2) is 0 Å². The van der Waals surface area contributed by atoms with Gasteiger partial charge in [0.1, 0.15) is 0 Å². The summed E-state index contributed by atoms with van der Waals surface area (Å²) in [4.78, 5) is 55.3. The van der Waals surface area contributed by atoms with Crippen LogP contribution in [0.1, 0.15) is 109 Å². The average molecular weight is 483 g/mol. The SMILES string of the molecule is O=C1C2CCCCC2C(=O)N1C1CCC(CC2CCC(N3C(=O)C4CCCCC4C3=O)CC2)CC1. The van der Waals surface area contributed by atoms with Crippen LogP contribution >= 0.6 is 0 Å². The van der Waals surface area contributed by atoms with Crippen molar-refractivity contribution in [2.24, 2.45) is 35.5 Å². The number of amides is 4. The number of hydrogen-bond acceptors (Lipinski definition) is 4. The summed E-state index contributed by atoms with van der Waals surface area (Å²) < 4.78 is 0. The molecule has 2 heterocycles. The molecule has 192 valence electrons. The van der Waals surface area contributed by atoms with E-state index in [0.717, 1.165) is 103 Å².